The SMILES string of the molecule is CCCCNc1ccc(C(=O)NCCc2ccccc2OC)nc1. The summed E-state index contributed by atoms with van der Waals surface area (Å²) < 4.78 is 5.31. The van der Waals surface area contributed by atoms with Crippen LogP contribution in [0.25, 0.3) is 0 Å². The van der Waals surface area contributed by atoms with Crippen LogP contribution in [0.3, 0.4) is 0 Å². The summed E-state index contributed by atoms with van der Waals surface area (Å²) in [4.78, 5) is 16.4. The number of benzene rings is 1. The Balaban J connectivity index is 1.82. The monoisotopic (exact) mass is 327 g/mol. The fourth-order valence-corrected chi connectivity index (χ4v) is 2.35. The average Bonchev–Trinajstić information content (AvgIpc) is 2.63. The molecule has 0 aliphatic rings. The van der Waals surface area contributed by atoms with Crippen molar-refractivity contribution in [3.8, 4) is 5.75 Å². The Labute approximate surface area is 143 Å². The zero-order chi connectivity index (χ0) is 17.2. The van der Waals surface area contributed by atoms with Gasteiger partial charge in [-0.3, -0.25) is 4.79 Å². The minimum atomic E-state index is -0.162. The van der Waals surface area contributed by atoms with Crippen LogP contribution in [-0.2, 0) is 6.42 Å². The lowest BCUT2D eigenvalue weighted by Crippen LogP contribution is -2.26. The Morgan fingerprint density at radius 3 is 2.71 bits per heavy atom. The fourth-order valence-electron chi connectivity index (χ4n) is 2.35. The van der Waals surface area contributed by atoms with Gasteiger partial charge in [0.05, 0.1) is 19.0 Å². The van der Waals surface area contributed by atoms with Gasteiger partial charge in [0.1, 0.15) is 11.4 Å². The predicted octanol–water partition coefficient (Wildman–Crippen LogP) is 3.27. The highest BCUT2D eigenvalue weighted by Crippen LogP contribution is 2.17. The van der Waals surface area contributed by atoms with Gasteiger partial charge in [-0.05, 0) is 36.6 Å². The number of anilines is 1. The molecule has 1 aromatic carbocycles. The highest BCUT2D eigenvalue weighted by Gasteiger charge is 2.07. The van der Waals surface area contributed by atoms with Crippen molar-refractivity contribution < 1.29 is 9.53 Å². The Morgan fingerprint density at radius 1 is 1.17 bits per heavy atom. The number of para-hydroxylation sites is 1. The number of hydrogen-bond acceptors (Lipinski definition) is 4. The molecule has 0 spiro atoms. The fraction of sp³-hybridized carbons (Fsp3) is 0.368. The van der Waals surface area contributed by atoms with Crippen molar-refractivity contribution in [1.29, 1.82) is 0 Å². The molecule has 0 atom stereocenters. The molecule has 5 heteroatoms. The summed E-state index contributed by atoms with van der Waals surface area (Å²) in [5, 5.41) is 6.17. The van der Waals surface area contributed by atoms with Gasteiger partial charge in [-0.1, -0.05) is 31.5 Å². The third-order valence-corrected chi connectivity index (χ3v) is 3.73. The summed E-state index contributed by atoms with van der Waals surface area (Å²) in [6, 6.07) is 11.4. The summed E-state index contributed by atoms with van der Waals surface area (Å²) in [6.07, 6.45) is 4.68. The third kappa shape index (κ3) is 5.26. The third-order valence-electron chi connectivity index (χ3n) is 3.73. The van der Waals surface area contributed by atoms with E-state index in [2.05, 4.69) is 22.5 Å². The second-order valence-corrected chi connectivity index (χ2v) is 5.53. The van der Waals surface area contributed by atoms with Crippen LogP contribution in [0.2, 0.25) is 0 Å². The number of unbranched alkanes of at least 4 members (excludes halogenated alkanes) is 1. The van der Waals surface area contributed by atoms with Crippen molar-refractivity contribution in [2.75, 3.05) is 25.5 Å². The Morgan fingerprint density at radius 2 is 2.00 bits per heavy atom. The van der Waals surface area contributed by atoms with E-state index in [4.69, 9.17) is 4.74 Å². The molecule has 2 rings (SSSR count). The van der Waals surface area contributed by atoms with Crippen molar-refractivity contribution in [3.63, 3.8) is 0 Å². The van der Waals surface area contributed by atoms with E-state index < -0.39 is 0 Å². The molecular formula is C19H25N3O2. The van der Waals surface area contributed by atoms with Gasteiger partial charge in [-0.25, -0.2) is 4.98 Å². The standard InChI is InChI=1S/C19H25N3O2/c1-3-4-12-20-16-9-10-17(22-14-16)19(23)21-13-11-15-7-5-6-8-18(15)24-2/h5-10,14,20H,3-4,11-13H2,1-2H3,(H,21,23). The van der Waals surface area contributed by atoms with Gasteiger partial charge in [-0.2, -0.15) is 0 Å². The number of nitrogens with one attached hydrogen (secondary N) is 2. The molecule has 0 aliphatic heterocycles. The van der Waals surface area contributed by atoms with Crippen LogP contribution in [-0.4, -0.2) is 31.1 Å². The van der Waals surface area contributed by atoms with E-state index in [0.29, 0.717) is 18.7 Å². The number of hydrogen-bond donors (Lipinski definition) is 2. The van der Waals surface area contributed by atoms with Crippen molar-refractivity contribution in [1.82, 2.24) is 10.3 Å². The van der Waals surface area contributed by atoms with Crippen molar-refractivity contribution in [2.24, 2.45) is 0 Å². The first-order valence-electron chi connectivity index (χ1n) is 8.34. The molecule has 0 unspecified atom stereocenters. The quantitative estimate of drug-likeness (QED) is 0.694. The Kier molecular flexibility index (Phi) is 7.08. The molecule has 0 aliphatic carbocycles. The number of ether oxygens (including phenoxy) is 1. The number of carbonyl (C=O) groups is 1. The van der Waals surface area contributed by atoms with Crippen molar-refractivity contribution in [3.05, 3.63) is 53.9 Å². The number of aromatic nitrogens is 1. The maximum absolute atomic E-state index is 12.1. The van der Waals surface area contributed by atoms with Crippen LogP contribution in [0.15, 0.2) is 42.6 Å². The highest BCUT2D eigenvalue weighted by atomic mass is 16.5. The number of nitrogens with zero attached hydrogens (tertiary/aromatic N) is 1. The molecule has 1 aromatic heterocycles. The summed E-state index contributed by atoms with van der Waals surface area (Å²) >= 11 is 0. The largest absolute Gasteiger partial charge is 0.496 e. The van der Waals surface area contributed by atoms with E-state index in [1.165, 1.54) is 0 Å². The summed E-state index contributed by atoms with van der Waals surface area (Å²) in [5.41, 5.74) is 2.44. The average molecular weight is 327 g/mol. The maximum atomic E-state index is 12.1. The van der Waals surface area contributed by atoms with E-state index >= 15 is 0 Å². The lowest BCUT2D eigenvalue weighted by molar-refractivity contribution is 0.0949. The van der Waals surface area contributed by atoms with E-state index in [-0.39, 0.29) is 5.91 Å². The highest BCUT2D eigenvalue weighted by molar-refractivity contribution is 5.92. The van der Waals surface area contributed by atoms with Crippen molar-refractivity contribution in [2.45, 2.75) is 26.2 Å². The number of rotatable bonds is 9. The van der Waals surface area contributed by atoms with Crippen LogP contribution in [0.1, 0.15) is 35.8 Å². The lowest BCUT2D eigenvalue weighted by atomic mass is 10.1. The summed E-state index contributed by atoms with van der Waals surface area (Å²) in [5.74, 6) is 0.678. The first kappa shape index (κ1) is 17.8. The summed E-state index contributed by atoms with van der Waals surface area (Å²) in [6.45, 7) is 3.61. The lowest BCUT2D eigenvalue weighted by Gasteiger charge is -2.09. The van der Waals surface area contributed by atoms with E-state index in [9.17, 15) is 4.79 Å². The molecule has 0 bridgehead atoms. The van der Waals surface area contributed by atoms with Crippen LogP contribution in [0.5, 0.6) is 5.75 Å². The molecule has 1 amide bonds. The maximum Gasteiger partial charge on any atom is 0.269 e. The molecular weight excluding hydrogens is 302 g/mol. The zero-order valence-electron chi connectivity index (χ0n) is 14.3. The molecule has 5 nitrogen and oxygen atoms in total. The van der Waals surface area contributed by atoms with Gasteiger partial charge < -0.3 is 15.4 Å². The first-order chi connectivity index (χ1) is 11.7. The smallest absolute Gasteiger partial charge is 0.269 e. The van der Waals surface area contributed by atoms with E-state index in [1.807, 2.05) is 30.3 Å². The van der Waals surface area contributed by atoms with Crippen LogP contribution in [0.4, 0.5) is 5.69 Å². The number of amides is 1. The van der Waals surface area contributed by atoms with E-state index in [0.717, 1.165) is 36.4 Å². The molecule has 2 N–H and O–H groups in total. The van der Waals surface area contributed by atoms with Gasteiger partial charge in [0.25, 0.3) is 5.91 Å². The molecule has 128 valence electrons. The topological polar surface area (TPSA) is 63.2 Å². The molecule has 24 heavy (non-hydrogen) atoms. The molecule has 0 saturated carbocycles. The molecule has 1 heterocycles. The predicted molar refractivity (Wildman–Crippen MR) is 96.7 cm³/mol. The van der Waals surface area contributed by atoms with Gasteiger partial charge in [0.15, 0.2) is 0 Å². The van der Waals surface area contributed by atoms with Gasteiger partial charge in [0, 0.05) is 13.1 Å². The van der Waals surface area contributed by atoms with Crippen LogP contribution >= 0.6 is 0 Å². The molecule has 0 radical (unpaired) electrons. The molecule has 0 fully saturated rings. The molecule has 0 saturated heterocycles. The summed E-state index contributed by atoms with van der Waals surface area (Å²) in [7, 11) is 1.65. The van der Waals surface area contributed by atoms with Gasteiger partial charge in [-0.15, -0.1) is 0 Å². The number of carbonyl (C=O) groups excluding carboxylic acids is 1. The minimum absolute atomic E-state index is 0.162. The Bertz CT molecular complexity index is 641. The number of methoxy groups -OCH3 is 1. The number of pyridine rings is 1. The van der Waals surface area contributed by atoms with Crippen LogP contribution in [0, 0.1) is 0 Å². The van der Waals surface area contributed by atoms with E-state index in [1.54, 1.807) is 19.4 Å². The Hall–Kier alpha value is -2.56. The zero-order valence-corrected chi connectivity index (χ0v) is 14.3. The van der Waals surface area contributed by atoms with Crippen molar-refractivity contribution >= 4 is 11.6 Å². The van der Waals surface area contributed by atoms with Gasteiger partial charge in [0.2, 0.25) is 0 Å². The van der Waals surface area contributed by atoms with Gasteiger partial charge >= 0.3 is 0 Å². The second-order valence-electron chi connectivity index (χ2n) is 5.53. The molecule has 2 aromatic rings. The van der Waals surface area contributed by atoms with Crippen LogP contribution < -0.4 is 15.4 Å². The second kappa shape index (κ2) is 9.55. The normalized spacial score (nSPS) is 10.2. The minimum Gasteiger partial charge on any atom is -0.496 e. The first-order valence-corrected chi connectivity index (χ1v) is 8.34.